The summed E-state index contributed by atoms with van der Waals surface area (Å²) in [6.07, 6.45) is 6.08. The number of carbonyl (C=O) groups excluding carboxylic acids is 2. The Bertz CT molecular complexity index is 1400. The zero-order chi connectivity index (χ0) is 27.0. The number of esters is 1. The van der Waals surface area contributed by atoms with Crippen molar-refractivity contribution in [3.63, 3.8) is 0 Å². The Labute approximate surface area is 228 Å². The molecule has 6 nitrogen and oxygen atoms in total. The van der Waals surface area contributed by atoms with Crippen molar-refractivity contribution in [3.05, 3.63) is 108 Å². The minimum absolute atomic E-state index is 0.149. The molecule has 6 heteroatoms. The fraction of sp³-hybridized carbons (Fsp3) is 0.242. The topological polar surface area (TPSA) is 81.4 Å². The first kappa shape index (κ1) is 26.2. The molecular formula is C33H32N2O4. The number of ether oxygens (including phenoxy) is 1. The summed E-state index contributed by atoms with van der Waals surface area (Å²) in [4.78, 5) is 29.3. The van der Waals surface area contributed by atoms with Crippen molar-refractivity contribution >= 4 is 17.4 Å². The maximum absolute atomic E-state index is 12.6. The van der Waals surface area contributed by atoms with E-state index in [0.29, 0.717) is 11.5 Å². The van der Waals surface area contributed by atoms with Gasteiger partial charge in [-0.1, -0.05) is 78.9 Å². The predicted octanol–water partition coefficient (Wildman–Crippen LogP) is 6.73. The van der Waals surface area contributed by atoms with Crippen molar-refractivity contribution in [2.75, 3.05) is 13.2 Å². The maximum atomic E-state index is 12.6. The minimum Gasteiger partial charge on any atom is -0.465 e. The van der Waals surface area contributed by atoms with Crippen LogP contribution in [0.15, 0.2) is 95.4 Å². The van der Waals surface area contributed by atoms with Gasteiger partial charge in [-0.15, -0.1) is 0 Å². The van der Waals surface area contributed by atoms with Crippen molar-refractivity contribution in [3.8, 4) is 22.6 Å². The van der Waals surface area contributed by atoms with Crippen LogP contribution in [0, 0.1) is 5.92 Å². The van der Waals surface area contributed by atoms with Gasteiger partial charge in [0.15, 0.2) is 5.76 Å². The molecule has 0 aliphatic heterocycles. The molecule has 1 atom stereocenters. The number of benzene rings is 3. The van der Waals surface area contributed by atoms with Gasteiger partial charge in [-0.3, -0.25) is 9.59 Å². The highest BCUT2D eigenvalue weighted by Crippen LogP contribution is 2.40. The van der Waals surface area contributed by atoms with Crippen molar-refractivity contribution < 1.29 is 18.7 Å². The van der Waals surface area contributed by atoms with Crippen LogP contribution in [0.3, 0.4) is 0 Å². The average Bonchev–Trinajstić information content (AvgIpc) is 3.43. The number of allylic oxidation sites excluding steroid dienone is 2. The Morgan fingerprint density at radius 1 is 0.974 bits per heavy atom. The molecular weight excluding hydrogens is 488 g/mol. The third-order valence-corrected chi connectivity index (χ3v) is 6.89. The highest BCUT2D eigenvalue weighted by atomic mass is 16.5. The fourth-order valence-corrected chi connectivity index (χ4v) is 5.03. The summed E-state index contributed by atoms with van der Waals surface area (Å²) in [6, 6.07) is 27.8. The number of rotatable bonds is 9. The quantitative estimate of drug-likeness (QED) is 0.248. The number of carbonyl (C=O) groups is 2. The summed E-state index contributed by atoms with van der Waals surface area (Å²) in [6.45, 7) is 1.87. The largest absolute Gasteiger partial charge is 0.465 e. The number of hydrogen-bond acceptors (Lipinski definition) is 5. The predicted molar refractivity (Wildman–Crippen MR) is 152 cm³/mol. The van der Waals surface area contributed by atoms with Gasteiger partial charge >= 0.3 is 5.97 Å². The van der Waals surface area contributed by atoms with Crippen molar-refractivity contribution in [1.82, 2.24) is 10.3 Å². The summed E-state index contributed by atoms with van der Waals surface area (Å²) in [5.74, 6) is 0.886. The summed E-state index contributed by atoms with van der Waals surface area (Å²) in [5, 5.41) is 2.64. The normalized spacial score (nSPS) is 14.9. The smallest absolute Gasteiger partial charge is 0.325 e. The number of amides is 1. The lowest BCUT2D eigenvalue weighted by Crippen LogP contribution is -2.30. The van der Waals surface area contributed by atoms with Gasteiger partial charge in [0, 0.05) is 22.3 Å². The molecule has 1 amide bonds. The SMILES string of the molecule is CCOC(=O)CNC(=O)c1cccc(CC2CCCC=C2c2nc(-c3ccccc3)c(-c3ccccc3)o2)c1. The monoisotopic (exact) mass is 520 g/mol. The summed E-state index contributed by atoms with van der Waals surface area (Å²) < 4.78 is 11.4. The Balaban J connectivity index is 1.40. The Morgan fingerprint density at radius 3 is 2.46 bits per heavy atom. The highest BCUT2D eigenvalue weighted by Gasteiger charge is 2.26. The Hall–Kier alpha value is -4.45. The fourth-order valence-electron chi connectivity index (χ4n) is 5.03. The first-order valence-electron chi connectivity index (χ1n) is 13.5. The standard InChI is InChI=1S/C33H32N2O4/c1-2-38-29(36)22-34-32(37)27-18-11-12-23(21-27)20-26-17-9-10-19-28(26)33-35-30(24-13-5-3-6-14-24)31(39-33)25-15-7-4-8-16-25/h3-8,11-16,18-19,21,26H,2,9-10,17,20,22H2,1H3,(H,34,37). The molecule has 4 aromatic rings. The molecule has 0 bridgehead atoms. The van der Waals surface area contributed by atoms with Crippen LogP contribution in [0.5, 0.6) is 0 Å². The van der Waals surface area contributed by atoms with E-state index in [4.69, 9.17) is 14.1 Å². The van der Waals surface area contributed by atoms with Gasteiger partial charge in [0.2, 0.25) is 5.89 Å². The molecule has 0 spiro atoms. The van der Waals surface area contributed by atoms with E-state index in [1.165, 1.54) is 0 Å². The van der Waals surface area contributed by atoms with Gasteiger partial charge in [-0.25, -0.2) is 4.98 Å². The minimum atomic E-state index is -0.449. The number of nitrogens with one attached hydrogen (secondary N) is 1. The van der Waals surface area contributed by atoms with Crippen LogP contribution in [0.4, 0.5) is 0 Å². The lowest BCUT2D eigenvalue weighted by atomic mass is 9.83. The lowest BCUT2D eigenvalue weighted by Gasteiger charge is -2.22. The Kier molecular flexibility index (Phi) is 8.32. The molecule has 1 aliphatic rings. The van der Waals surface area contributed by atoms with E-state index >= 15 is 0 Å². The zero-order valence-corrected chi connectivity index (χ0v) is 22.1. The lowest BCUT2D eigenvalue weighted by molar-refractivity contribution is -0.141. The van der Waals surface area contributed by atoms with E-state index in [1.54, 1.807) is 13.0 Å². The molecule has 1 N–H and O–H groups in total. The van der Waals surface area contributed by atoms with Crippen LogP contribution < -0.4 is 5.32 Å². The van der Waals surface area contributed by atoms with Gasteiger partial charge in [0.05, 0.1) is 6.61 Å². The van der Waals surface area contributed by atoms with Gasteiger partial charge in [-0.2, -0.15) is 0 Å². The van der Waals surface area contributed by atoms with Gasteiger partial charge in [0.1, 0.15) is 12.2 Å². The Morgan fingerprint density at radius 2 is 1.72 bits per heavy atom. The van der Waals surface area contributed by atoms with E-state index in [0.717, 1.165) is 59.4 Å². The van der Waals surface area contributed by atoms with Crippen LogP contribution in [0.1, 0.15) is 48.0 Å². The molecule has 1 aromatic heterocycles. The average molecular weight is 521 g/mol. The number of hydrogen-bond donors (Lipinski definition) is 1. The van der Waals surface area contributed by atoms with Gasteiger partial charge in [-0.05, 0) is 56.2 Å². The van der Waals surface area contributed by atoms with Crippen molar-refractivity contribution in [1.29, 1.82) is 0 Å². The molecule has 1 heterocycles. The summed E-state index contributed by atoms with van der Waals surface area (Å²) in [5.41, 5.74) is 5.52. The number of oxazole rings is 1. The second-order valence-corrected chi connectivity index (χ2v) is 9.61. The van der Waals surface area contributed by atoms with E-state index in [-0.39, 0.29) is 25.0 Å². The van der Waals surface area contributed by atoms with Gasteiger partial charge < -0.3 is 14.5 Å². The molecule has 3 aromatic carbocycles. The molecule has 0 radical (unpaired) electrons. The summed E-state index contributed by atoms with van der Waals surface area (Å²) in [7, 11) is 0. The van der Waals surface area contributed by atoms with E-state index < -0.39 is 5.97 Å². The second kappa shape index (κ2) is 12.4. The number of nitrogens with zero attached hydrogens (tertiary/aromatic N) is 1. The van der Waals surface area contributed by atoms with Crippen LogP contribution >= 0.6 is 0 Å². The molecule has 198 valence electrons. The van der Waals surface area contributed by atoms with Crippen LogP contribution in [0.2, 0.25) is 0 Å². The molecule has 0 saturated heterocycles. The van der Waals surface area contributed by atoms with E-state index in [9.17, 15) is 9.59 Å². The van der Waals surface area contributed by atoms with Gasteiger partial charge in [0.25, 0.3) is 5.91 Å². The molecule has 5 rings (SSSR count). The maximum Gasteiger partial charge on any atom is 0.325 e. The zero-order valence-electron chi connectivity index (χ0n) is 22.1. The van der Waals surface area contributed by atoms with E-state index in [2.05, 4.69) is 23.5 Å². The van der Waals surface area contributed by atoms with Crippen molar-refractivity contribution in [2.45, 2.75) is 32.6 Å². The molecule has 0 saturated carbocycles. The van der Waals surface area contributed by atoms with Crippen LogP contribution in [0.25, 0.3) is 28.2 Å². The van der Waals surface area contributed by atoms with Crippen LogP contribution in [-0.2, 0) is 16.0 Å². The first-order chi connectivity index (χ1) is 19.1. The van der Waals surface area contributed by atoms with E-state index in [1.807, 2.05) is 66.7 Å². The molecule has 1 unspecified atom stereocenters. The molecule has 1 aliphatic carbocycles. The van der Waals surface area contributed by atoms with Crippen molar-refractivity contribution in [2.24, 2.45) is 5.92 Å². The third kappa shape index (κ3) is 6.34. The number of aromatic nitrogens is 1. The highest BCUT2D eigenvalue weighted by molar-refractivity contribution is 5.96. The first-order valence-corrected chi connectivity index (χ1v) is 13.5. The third-order valence-electron chi connectivity index (χ3n) is 6.89. The van der Waals surface area contributed by atoms with Crippen LogP contribution in [-0.4, -0.2) is 30.0 Å². The summed E-state index contributed by atoms with van der Waals surface area (Å²) >= 11 is 0. The molecule has 0 fully saturated rings. The molecule has 39 heavy (non-hydrogen) atoms. The second-order valence-electron chi connectivity index (χ2n) is 9.61.